The average Bonchev–Trinajstić information content (AvgIpc) is 3.25. The molecule has 1 heterocycles. The molecule has 0 N–H and O–H groups in total. The van der Waals surface area contributed by atoms with Crippen molar-refractivity contribution in [3.05, 3.63) is 69.7 Å². The molecule has 98 valence electrons. The van der Waals surface area contributed by atoms with Crippen LogP contribution in [0.25, 0.3) is 0 Å². The number of carbonyl (C=O) groups excluding carboxylic acids is 1. The smallest absolute Gasteiger partial charge is 0.151 e. The topological polar surface area (TPSA) is 29.6 Å². The quantitative estimate of drug-likeness (QED) is 0.600. The van der Waals surface area contributed by atoms with E-state index in [9.17, 15) is 4.79 Å². The van der Waals surface area contributed by atoms with Crippen LogP contribution in [0.4, 0.5) is 0 Å². The van der Waals surface area contributed by atoms with Gasteiger partial charge in [0, 0.05) is 16.1 Å². The summed E-state index contributed by atoms with van der Waals surface area (Å²) in [6.07, 6.45) is 1.01. The summed E-state index contributed by atoms with van der Waals surface area (Å²) < 4.78 is 5.09. The minimum absolute atomic E-state index is 0.272. The molecule has 0 amide bonds. The molecule has 19 heavy (non-hydrogen) atoms. The lowest BCUT2D eigenvalue weighted by Crippen LogP contribution is -1.79. The van der Waals surface area contributed by atoms with Crippen LogP contribution in [0.3, 0.4) is 0 Å². The molecular weight excluding hydrogens is 283 g/mol. The lowest BCUT2D eigenvalue weighted by molar-refractivity contribution is 0.112. The first-order valence-corrected chi connectivity index (χ1v) is 6.53. The number of halogens is 2. The fraction of sp³-hybridized carbons (Fsp3) is 0.133. The molecule has 0 aromatic heterocycles. The van der Waals surface area contributed by atoms with Gasteiger partial charge in [-0.05, 0) is 12.1 Å². The van der Waals surface area contributed by atoms with Crippen molar-refractivity contribution in [1.82, 2.24) is 0 Å². The SMILES string of the molecule is Clc1ccccc1C1CO1.O=Cc1ccccc1Cl. The van der Waals surface area contributed by atoms with Crippen molar-refractivity contribution in [2.75, 3.05) is 6.61 Å². The first-order valence-electron chi connectivity index (χ1n) is 5.78. The molecule has 0 aliphatic carbocycles. The van der Waals surface area contributed by atoms with Crippen molar-refractivity contribution in [3.8, 4) is 0 Å². The number of epoxide rings is 1. The highest BCUT2D eigenvalue weighted by molar-refractivity contribution is 6.32. The van der Waals surface area contributed by atoms with Crippen LogP contribution in [0.5, 0.6) is 0 Å². The highest BCUT2D eigenvalue weighted by Gasteiger charge is 2.26. The van der Waals surface area contributed by atoms with Crippen molar-refractivity contribution in [1.29, 1.82) is 0 Å². The van der Waals surface area contributed by atoms with Crippen molar-refractivity contribution in [2.45, 2.75) is 6.10 Å². The first-order chi connectivity index (χ1) is 9.22. The van der Waals surface area contributed by atoms with Crippen molar-refractivity contribution in [2.24, 2.45) is 0 Å². The van der Waals surface area contributed by atoms with E-state index in [0.717, 1.165) is 23.5 Å². The van der Waals surface area contributed by atoms with E-state index in [1.807, 2.05) is 24.3 Å². The largest absolute Gasteiger partial charge is 0.368 e. The van der Waals surface area contributed by atoms with Gasteiger partial charge in [0.25, 0.3) is 0 Å². The van der Waals surface area contributed by atoms with Crippen LogP contribution in [-0.4, -0.2) is 12.9 Å². The summed E-state index contributed by atoms with van der Waals surface area (Å²) in [6.45, 7) is 0.823. The predicted octanol–water partition coefficient (Wildman–Crippen LogP) is 4.56. The Labute approximate surface area is 121 Å². The molecule has 2 aromatic carbocycles. The van der Waals surface area contributed by atoms with Gasteiger partial charge in [-0.1, -0.05) is 59.6 Å². The maximum absolute atomic E-state index is 10.1. The van der Waals surface area contributed by atoms with Crippen LogP contribution < -0.4 is 0 Å². The number of aldehydes is 1. The average molecular weight is 295 g/mol. The molecule has 4 heteroatoms. The third-order valence-corrected chi connectivity index (χ3v) is 3.31. The van der Waals surface area contributed by atoms with Gasteiger partial charge in [0.1, 0.15) is 6.10 Å². The van der Waals surface area contributed by atoms with E-state index in [4.69, 9.17) is 27.9 Å². The molecular formula is C15H12Cl2O2. The Morgan fingerprint density at radius 2 is 1.58 bits per heavy atom. The van der Waals surface area contributed by atoms with Gasteiger partial charge in [-0.25, -0.2) is 0 Å². The molecule has 1 saturated heterocycles. The second-order valence-electron chi connectivity index (χ2n) is 3.98. The fourth-order valence-corrected chi connectivity index (χ4v) is 1.97. The molecule has 2 nitrogen and oxygen atoms in total. The number of carbonyl (C=O) groups is 1. The van der Waals surface area contributed by atoms with Gasteiger partial charge >= 0.3 is 0 Å². The second-order valence-corrected chi connectivity index (χ2v) is 4.80. The number of hydrogen-bond acceptors (Lipinski definition) is 2. The Hall–Kier alpha value is -1.35. The van der Waals surface area contributed by atoms with E-state index in [1.165, 1.54) is 0 Å². The lowest BCUT2D eigenvalue weighted by Gasteiger charge is -1.96. The predicted molar refractivity (Wildman–Crippen MR) is 77.0 cm³/mol. The summed E-state index contributed by atoms with van der Waals surface area (Å²) in [6, 6.07) is 14.7. The summed E-state index contributed by atoms with van der Waals surface area (Å²) in [7, 11) is 0. The Morgan fingerprint density at radius 3 is 2.05 bits per heavy atom. The van der Waals surface area contributed by atoms with Crippen LogP contribution in [0.15, 0.2) is 48.5 Å². The summed E-state index contributed by atoms with van der Waals surface area (Å²) in [5, 5.41) is 1.32. The van der Waals surface area contributed by atoms with Crippen LogP contribution in [0.2, 0.25) is 10.0 Å². The minimum Gasteiger partial charge on any atom is -0.368 e. The lowest BCUT2D eigenvalue weighted by atomic mass is 10.2. The van der Waals surface area contributed by atoms with E-state index in [1.54, 1.807) is 24.3 Å². The fourth-order valence-electron chi connectivity index (χ4n) is 1.53. The van der Waals surface area contributed by atoms with Gasteiger partial charge in [-0.2, -0.15) is 0 Å². The van der Waals surface area contributed by atoms with E-state index in [2.05, 4.69) is 0 Å². The van der Waals surface area contributed by atoms with E-state index in [-0.39, 0.29) is 6.10 Å². The molecule has 1 unspecified atom stereocenters. The van der Waals surface area contributed by atoms with Gasteiger partial charge < -0.3 is 4.74 Å². The third kappa shape index (κ3) is 4.06. The number of benzene rings is 2. The molecule has 0 saturated carbocycles. The molecule has 1 fully saturated rings. The summed E-state index contributed by atoms with van der Waals surface area (Å²) in [5.74, 6) is 0. The van der Waals surface area contributed by atoms with Gasteiger partial charge in [-0.3, -0.25) is 4.79 Å². The van der Waals surface area contributed by atoms with Crippen molar-refractivity contribution in [3.63, 3.8) is 0 Å². The van der Waals surface area contributed by atoms with Crippen molar-refractivity contribution < 1.29 is 9.53 Å². The molecule has 0 bridgehead atoms. The maximum Gasteiger partial charge on any atom is 0.151 e. The van der Waals surface area contributed by atoms with Crippen LogP contribution in [0.1, 0.15) is 22.0 Å². The van der Waals surface area contributed by atoms with Gasteiger partial charge in [0.05, 0.1) is 11.6 Å². The van der Waals surface area contributed by atoms with Crippen LogP contribution in [-0.2, 0) is 4.74 Å². The molecule has 1 aliphatic heterocycles. The maximum atomic E-state index is 10.1. The van der Waals surface area contributed by atoms with Gasteiger partial charge in [0.15, 0.2) is 6.29 Å². The highest BCUT2D eigenvalue weighted by atomic mass is 35.5. The Bertz CT molecular complexity index is 566. The highest BCUT2D eigenvalue weighted by Crippen LogP contribution is 2.34. The monoisotopic (exact) mass is 294 g/mol. The molecule has 1 aliphatic rings. The zero-order chi connectivity index (χ0) is 13.7. The molecule has 3 rings (SSSR count). The third-order valence-electron chi connectivity index (χ3n) is 2.62. The Morgan fingerprint density at radius 1 is 1.00 bits per heavy atom. The molecule has 0 spiro atoms. The Balaban J connectivity index is 0.000000141. The molecule has 1 atom stereocenters. The van der Waals surface area contributed by atoms with Crippen LogP contribution in [0, 0.1) is 0 Å². The Kier molecular flexibility index (Phi) is 4.97. The molecule has 2 aromatic rings. The molecule has 0 radical (unpaired) electrons. The van der Waals surface area contributed by atoms with Crippen LogP contribution >= 0.6 is 23.2 Å². The normalized spacial score (nSPS) is 16.2. The summed E-state index contributed by atoms with van der Waals surface area (Å²) in [4.78, 5) is 10.1. The summed E-state index contributed by atoms with van der Waals surface area (Å²) >= 11 is 11.5. The van der Waals surface area contributed by atoms with Gasteiger partial charge in [0.2, 0.25) is 0 Å². The number of rotatable bonds is 2. The zero-order valence-electron chi connectivity index (χ0n) is 10.1. The second kappa shape index (κ2) is 6.71. The number of ether oxygens (including phenoxy) is 1. The minimum atomic E-state index is 0.272. The standard InChI is InChI=1S/C8H7ClO.C7H5ClO/c9-7-4-2-1-3-6(7)8-5-10-8;8-7-4-2-1-3-6(7)5-9/h1-4,8H,5H2;1-5H. The van der Waals surface area contributed by atoms with E-state index < -0.39 is 0 Å². The number of hydrogen-bond donors (Lipinski definition) is 0. The van der Waals surface area contributed by atoms with E-state index in [0.29, 0.717) is 10.6 Å². The van der Waals surface area contributed by atoms with Gasteiger partial charge in [-0.15, -0.1) is 0 Å². The zero-order valence-corrected chi connectivity index (χ0v) is 11.6. The summed E-state index contributed by atoms with van der Waals surface area (Å²) in [5.41, 5.74) is 1.66. The van der Waals surface area contributed by atoms with E-state index >= 15 is 0 Å². The first kappa shape index (κ1) is 14.1. The van der Waals surface area contributed by atoms with Crippen molar-refractivity contribution >= 4 is 29.5 Å².